The number of nitrogens with one attached hydrogen (secondary N) is 1. The van der Waals surface area contributed by atoms with Gasteiger partial charge in [-0.25, -0.2) is 5.43 Å². The van der Waals surface area contributed by atoms with Crippen LogP contribution in [0, 0.1) is 6.92 Å². The molecule has 1 heterocycles. The maximum Gasteiger partial charge on any atom is 0.250 e. The number of rotatable bonds is 10. The number of methoxy groups -OCH3 is 3. The minimum Gasteiger partial charge on any atom is -0.496 e. The van der Waals surface area contributed by atoms with Gasteiger partial charge in [0.05, 0.1) is 38.9 Å². The van der Waals surface area contributed by atoms with Gasteiger partial charge in [-0.3, -0.25) is 4.79 Å². The third-order valence-electron chi connectivity index (χ3n) is 4.81. The van der Waals surface area contributed by atoms with E-state index in [0.29, 0.717) is 34.5 Å². The molecule has 0 saturated heterocycles. The molecule has 1 N–H and O–H groups in total. The third kappa shape index (κ3) is 5.83. The van der Waals surface area contributed by atoms with Crippen molar-refractivity contribution in [3.8, 4) is 28.6 Å². The van der Waals surface area contributed by atoms with Gasteiger partial charge in [-0.15, -0.1) is 10.2 Å². The van der Waals surface area contributed by atoms with Gasteiger partial charge in [0.1, 0.15) is 17.2 Å². The number of hydrazone groups is 1. The molecule has 0 unspecified atom stereocenters. The van der Waals surface area contributed by atoms with Crippen molar-refractivity contribution in [2.45, 2.75) is 25.5 Å². The SMILES string of the molecule is CCn1c(SCC(=O)N/N=C/c2c(OC)cc(OC)cc2OC)nnc1-c1ccc(C)cc1. The Kier molecular flexibility index (Phi) is 8.31. The monoisotopic (exact) mass is 469 g/mol. The van der Waals surface area contributed by atoms with Crippen molar-refractivity contribution < 1.29 is 19.0 Å². The Balaban J connectivity index is 1.65. The van der Waals surface area contributed by atoms with Crippen molar-refractivity contribution in [3.05, 3.63) is 47.5 Å². The van der Waals surface area contributed by atoms with E-state index in [1.54, 1.807) is 19.2 Å². The molecule has 174 valence electrons. The van der Waals surface area contributed by atoms with E-state index in [1.165, 1.54) is 37.8 Å². The molecule has 1 amide bonds. The van der Waals surface area contributed by atoms with Gasteiger partial charge in [0.2, 0.25) is 0 Å². The first-order chi connectivity index (χ1) is 16.0. The minimum atomic E-state index is -0.273. The number of ether oxygens (including phenoxy) is 3. The van der Waals surface area contributed by atoms with E-state index < -0.39 is 0 Å². The standard InChI is InChI=1S/C23H27N5O4S/c1-6-28-22(16-9-7-15(2)8-10-16)26-27-23(28)33-14-21(29)25-24-13-18-19(31-4)11-17(30-3)12-20(18)32-5/h7-13H,6,14H2,1-5H3,(H,25,29)/b24-13+. The summed E-state index contributed by atoms with van der Waals surface area (Å²) < 4.78 is 18.0. The van der Waals surface area contributed by atoms with Crippen LogP contribution in [0.25, 0.3) is 11.4 Å². The van der Waals surface area contributed by atoms with Crippen molar-refractivity contribution in [1.82, 2.24) is 20.2 Å². The molecule has 33 heavy (non-hydrogen) atoms. The van der Waals surface area contributed by atoms with Gasteiger partial charge in [-0.1, -0.05) is 41.6 Å². The number of nitrogens with zero attached hydrogens (tertiary/aromatic N) is 4. The molecular formula is C23H27N5O4S. The lowest BCUT2D eigenvalue weighted by Crippen LogP contribution is -2.20. The lowest BCUT2D eigenvalue weighted by atomic mass is 10.1. The molecular weight excluding hydrogens is 442 g/mol. The Bertz CT molecular complexity index is 1100. The summed E-state index contributed by atoms with van der Waals surface area (Å²) in [7, 11) is 4.63. The number of thioether (sulfide) groups is 1. The number of benzene rings is 2. The van der Waals surface area contributed by atoms with Crippen molar-refractivity contribution >= 4 is 23.9 Å². The highest BCUT2D eigenvalue weighted by Crippen LogP contribution is 2.32. The summed E-state index contributed by atoms with van der Waals surface area (Å²) >= 11 is 1.30. The molecule has 3 aromatic rings. The molecule has 9 nitrogen and oxygen atoms in total. The summed E-state index contributed by atoms with van der Waals surface area (Å²) in [6.45, 7) is 4.75. The first kappa shape index (κ1) is 24.1. The molecule has 3 rings (SSSR count). The van der Waals surface area contributed by atoms with Crippen molar-refractivity contribution in [1.29, 1.82) is 0 Å². The number of carbonyl (C=O) groups excluding carboxylic acids is 1. The van der Waals surface area contributed by atoms with Gasteiger partial charge in [0.15, 0.2) is 11.0 Å². The average Bonchev–Trinajstić information content (AvgIpc) is 3.25. The topological polar surface area (TPSA) is 99.9 Å². The summed E-state index contributed by atoms with van der Waals surface area (Å²) in [6, 6.07) is 11.5. The van der Waals surface area contributed by atoms with Gasteiger partial charge in [-0.2, -0.15) is 5.10 Å². The Hall–Kier alpha value is -3.53. The van der Waals surface area contributed by atoms with Crippen LogP contribution >= 0.6 is 11.8 Å². The Labute approximate surface area is 197 Å². The summed E-state index contributed by atoms with van der Waals surface area (Å²) in [5.74, 6) is 2.26. The zero-order valence-electron chi connectivity index (χ0n) is 19.3. The van der Waals surface area contributed by atoms with Gasteiger partial charge in [0, 0.05) is 24.2 Å². The van der Waals surface area contributed by atoms with Crippen LogP contribution in [0.15, 0.2) is 46.7 Å². The van der Waals surface area contributed by atoms with Crippen LogP contribution in [0.3, 0.4) is 0 Å². The maximum absolute atomic E-state index is 12.3. The number of aryl methyl sites for hydroxylation is 1. The Morgan fingerprint density at radius 1 is 1.09 bits per heavy atom. The minimum absolute atomic E-state index is 0.139. The van der Waals surface area contributed by atoms with E-state index in [-0.39, 0.29) is 11.7 Å². The van der Waals surface area contributed by atoms with E-state index >= 15 is 0 Å². The van der Waals surface area contributed by atoms with Crippen LogP contribution in [0.4, 0.5) is 0 Å². The fourth-order valence-electron chi connectivity index (χ4n) is 3.09. The van der Waals surface area contributed by atoms with Crippen LogP contribution in [0.5, 0.6) is 17.2 Å². The number of amides is 1. The molecule has 0 aliphatic rings. The second kappa shape index (κ2) is 11.4. The molecule has 0 aliphatic carbocycles. The number of carbonyl (C=O) groups is 1. The number of aromatic nitrogens is 3. The largest absolute Gasteiger partial charge is 0.496 e. The number of hydrogen-bond acceptors (Lipinski definition) is 8. The van der Waals surface area contributed by atoms with E-state index in [2.05, 4.69) is 20.7 Å². The highest BCUT2D eigenvalue weighted by molar-refractivity contribution is 7.99. The molecule has 0 spiro atoms. The first-order valence-electron chi connectivity index (χ1n) is 10.3. The Morgan fingerprint density at radius 2 is 1.76 bits per heavy atom. The lowest BCUT2D eigenvalue weighted by Gasteiger charge is -2.12. The summed E-state index contributed by atoms with van der Waals surface area (Å²) in [5.41, 5.74) is 5.27. The molecule has 1 aromatic heterocycles. The molecule has 0 bridgehead atoms. The maximum atomic E-state index is 12.3. The zero-order valence-corrected chi connectivity index (χ0v) is 20.1. The van der Waals surface area contributed by atoms with Gasteiger partial charge >= 0.3 is 0 Å². The molecule has 0 aliphatic heterocycles. The second-order valence-corrected chi connectivity index (χ2v) is 7.89. The van der Waals surface area contributed by atoms with Crippen molar-refractivity contribution in [3.63, 3.8) is 0 Å². The second-order valence-electron chi connectivity index (χ2n) is 6.94. The van der Waals surface area contributed by atoms with E-state index in [4.69, 9.17) is 14.2 Å². The van der Waals surface area contributed by atoms with Gasteiger partial charge < -0.3 is 18.8 Å². The number of hydrogen-bond donors (Lipinski definition) is 1. The fourth-order valence-corrected chi connectivity index (χ4v) is 3.88. The molecule has 0 saturated carbocycles. The molecule has 0 radical (unpaired) electrons. The van der Waals surface area contributed by atoms with Crippen molar-refractivity contribution in [2.24, 2.45) is 5.10 Å². The highest BCUT2D eigenvalue weighted by atomic mass is 32.2. The smallest absolute Gasteiger partial charge is 0.250 e. The summed E-state index contributed by atoms with van der Waals surface area (Å²) in [4.78, 5) is 12.3. The van der Waals surface area contributed by atoms with Crippen LogP contribution in [-0.2, 0) is 11.3 Å². The third-order valence-corrected chi connectivity index (χ3v) is 5.78. The van der Waals surface area contributed by atoms with Crippen LogP contribution in [0.2, 0.25) is 0 Å². The van der Waals surface area contributed by atoms with E-state index in [9.17, 15) is 4.79 Å². The lowest BCUT2D eigenvalue weighted by molar-refractivity contribution is -0.118. The summed E-state index contributed by atoms with van der Waals surface area (Å²) in [6.07, 6.45) is 1.48. The van der Waals surface area contributed by atoms with E-state index in [0.717, 1.165) is 11.4 Å². The zero-order chi connectivity index (χ0) is 23.8. The predicted molar refractivity (Wildman–Crippen MR) is 128 cm³/mol. The quantitative estimate of drug-likeness (QED) is 0.275. The van der Waals surface area contributed by atoms with Gasteiger partial charge in [-0.05, 0) is 13.8 Å². The first-order valence-corrected chi connectivity index (χ1v) is 11.2. The molecule has 2 aromatic carbocycles. The molecule has 0 atom stereocenters. The normalized spacial score (nSPS) is 10.9. The van der Waals surface area contributed by atoms with Gasteiger partial charge in [0.25, 0.3) is 5.91 Å². The molecule has 10 heteroatoms. The van der Waals surface area contributed by atoms with E-state index in [1.807, 2.05) is 42.7 Å². The predicted octanol–water partition coefficient (Wildman–Crippen LogP) is 3.54. The summed E-state index contributed by atoms with van der Waals surface area (Å²) in [5, 5.41) is 13.3. The fraction of sp³-hybridized carbons (Fsp3) is 0.304. The van der Waals surface area contributed by atoms with Crippen LogP contribution in [0.1, 0.15) is 18.1 Å². The molecule has 0 fully saturated rings. The van der Waals surface area contributed by atoms with Crippen LogP contribution < -0.4 is 19.6 Å². The van der Waals surface area contributed by atoms with Crippen molar-refractivity contribution in [2.75, 3.05) is 27.1 Å². The Morgan fingerprint density at radius 3 is 2.33 bits per heavy atom. The van der Waals surface area contributed by atoms with Crippen LogP contribution in [-0.4, -0.2) is 54.0 Å². The highest BCUT2D eigenvalue weighted by Gasteiger charge is 2.15. The average molecular weight is 470 g/mol.